The quantitative estimate of drug-likeness (QED) is 0.659. The maximum Gasteiger partial charge on any atom is 0.0713 e. The monoisotopic (exact) mass is 265 g/mol. The highest BCUT2D eigenvalue weighted by Gasteiger charge is 1.96. The van der Waals surface area contributed by atoms with Gasteiger partial charge in [-0.3, -0.25) is 0 Å². The fourth-order valence-corrected chi connectivity index (χ4v) is 1.82. The molecule has 1 N–H and O–H groups in total. The number of nitrogens with one attached hydrogen (secondary N) is 1. The fourth-order valence-electron chi connectivity index (χ4n) is 1.82. The molecule has 0 saturated carbocycles. The Morgan fingerprint density at radius 3 is 2.37 bits per heavy atom. The Balaban J connectivity index is 2.05. The molecule has 1 aromatic rings. The molecule has 108 valence electrons. The predicted molar refractivity (Wildman–Crippen MR) is 79.2 cm³/mol. The second-order valence-corrected chi connectivity index (χ2v) is 5.05. The SMILES string of the molecule is COCc1ccc(CNCCCCOC(C)C)cc1. The number of hydrogen-bond acceptors (Lipinski definition) is 3. The van der Waals surface area contributed by atoms with Crippen LogP contribution in [0.1, 0.15) is 37.8 Å². The summed E-state index contributed by atoms with van der Waals surface area (Å²) in [7, 11) is 1.72. The predicted octanol–water partition coefficient (Wildman–Crippen LogP) is 3.13. The summed E-state index contributed by atoms with van der Waals surface area (Å²) in [4.78, 5) is 0. The minimum Gasteiger partial charge on any atom is -0.380 e. The molecule has 0 bridgehead atoms. The summed E-state index contributed by atoms with van der Waals surface area (Å²) in [6.45, 7) is 7.67. The molecule has 3 heteroatoms. The molecular weight excluding hydrogens is 238 g/mol. The van der Waals surface area contributed by atoms with E-state index in [-0.39, 0.29) is 0 Å². The zero-order chi connectivity index (χ0) is 13.9. The van der Waals surface area contributed by atoms with E-state index >= 15 is 0 Å². The van der Waals surface area contributed by atoms with Crippen molar-refractivity contribution in [2.75, 3.05) is 20.3 Å². The van der Waals surface area contributed by atoms with Crippen molar-refractivity contribution in [1.82, 2.24) is 5.32 Å². The van der Waals surface area contributed by atoms with Crippen LogP contribution in [0.3, 0.4) is 0 Å². The van der Waals surface area contributed by atoms with Gasteiger partial charge in [0.1, 0.15) is 0 Å². The smallest absolute Gasteiger partial charge is 0.0713 e. The standard InChI is InChI=1S/C16H27NO2/c1-14(2)19-11-5-4-10-17-12-15-6-8-16(9-7-15)13-18-3/h6-9,14,17H,4-5,10-13H2,1-3H3. The summed E-state index contributed by atoms with van der Waals surface area (Å²) in [5.74, 6) is 0. The van der Waals surface area contributed by atoms with Crippen molar-refractivity contribution >= 4 is 0 Å². The first-order valence-electron chi connectivity index (χ1n) is 7.11. The summed E-state index contributed by atoms with van der Waals surface area (Å²) in [5.41, 5.74) is 2.54. The second kappa shape index (κ2) is 9.96. The highest BCUT2D eigenvalue weighted by Crippen LogP contribution is 2.05. The van der Waals surface area contributed by atoms with Gasteiger partial charge in [0.25, 0.3) is 0 Å². The number of benzene rings is 1. The number of ether oxygens (including phenoxy) is 2. The number of unbranched alkanes of at least 4 members (excludes halogenated alkanes) is 1. The van der Waals surface area contributed by atoms with Gasteiger partial charge in [0.15, 0.2) is 0 Å². The van der Waals surface area contributed by atoms with Crippen molar-refractivity contribution in [3.63, 3.8) is 0 Å². The molecule has 3 nitrogen and oxygen atoms in total. The lowest BCUT2D eigenvalue weighted by Gasteiger charge is -2.08. The summed E-state index contributed by atoms with van der Waals surface area (Å²) in [6, 6.07) is 8.56. The van der Waals surface area contributed by atoms with E-state index in [1.54, 1.807) is 7.11 Å². The number of methoxy groups -OCH3 is 1. The third kappa shape index (κ3) is 7.98. The molecule has 0 unspecified atom stereocenters. The Labute approximate surface area is 117 Å². The second-order valence-electron chi connectivity index (χ2n) is 5.05. The van der Waals surface area contributed by atoms with Gasteiger partial charge in [0, 0.05) is 20.3 Å². The first-order chi connectivity index (χ1) is 9.22. The molecule has 0 aliphatic carbocycles. The first kappa shape index (κ1) is 16.2. The van der Waals surface area contributed by atoms with E-state index in [9.17, 15) is 0 Å². The van der Waals surface area contributed by atoms with Gasteiger partial charge >= 0.3 is 0 Å². The van der Waals surface area contributed by atoms with Crippen LogP contribution in [0.4, 0.5) is 0 Å². The topological polar surface area (TPSA) is 30.5 Å². The molecule has 0 spiro atoms. The molecule has 0 aliphatic rings. The summed E-state index contributed by atoms with van der Waals surface area (Å²) in [5, 5.41) is 3.45. The maximum absolute atomic E-state index is 5.50. The third-order valence-corrected chi connectivity index (χ3v) is 2.86. The summed E-state index contributed by atoms with van der Waals surface area (Å²) < 4.78 is 10.6. The fraction of sp³-hybridized carbons (Fsp3) is 0.625. The molecule has 0 amide bonds. The molecule has 0 aromatic heterocycles. The lowest BCUT2D eigenvalue weighted by atomic mass is 10.1. The van der Waals surface area contributed by atoms with Crippen molar-refractivity contribution < 1.29 is 9.47 Å². The van der Waals surface area contributed by atoms with Gasteiger partial charge < -0.3 is 14.8 Å². The van der Waals surface area contributed by atoms with Gasteiger partial charge in [-0.05, 0) is 44.4 Å². The number of rotatable bonds is 10. The maximum atomic E-state index is 5.50. The van der Waals surface area contributed by atoms with E-state index in [1.165, 1.54) is 11.1 Å². The van der Waals surface area contributed by atoms with Crippen LogP contribution in [0.15, 0.2) is 24.3 Å². The van der Waals surface area contributed by atoms with Gasteiger partial charge in [0.2, 0.25) is 0 Å². The van der Waals surface area contributed by atoms with E-state index in [4.69, 9.17) is 9.47 Å². The van der Waals surface area contributed by atoms with Gasteiger partial charge in [0.05, 0.1) is 12.7 Å². The minimum atomic E-state index is 0.346. The molecule has 0 aliphatic heterocycles. The van der Waals surface area contributed by atoms with Crippen molar-refractivity contribution in [2.45, 2.75) is 45.9 Å². The molecule has 0 saturated heterocycles. The Bertz CT molecular complexity index is 322. The van der Waals surface area contributed by atoms with Crippen LogP contribution in [0, 0.1) is 0 Å². The van der Waals surface area contributed by atoms with Crippen LogP contribution in [0.2, 0.25) is 0 Å². The van der Waals surface area contributed by atoms with Crippen molar-refractivity contribution in [3.05, 3.63) is 35.4 Å². The van der Waals surface area contributed by atoms with Crippen molar-refractivity contribution in [2.24, 2.45) is 0 Å². The van der Waals surface area contributed by atoms with Crippen molar-refractivity contribution in [3.8, 4) is 0 Å². The average Bonchev–Trinajstić information content (AvgIpc) is 2.39. The minimum absolute atomic E-state index is 0.346. The van der Waals surface area contributed by atoms with Crippen LogP contribution in [-0.2, 0) is 22.6 Å². The van der Waals surface area contributed by atoms with Crippen molar-refractivity contribution in [1.29, 1.82) is 0 Å². The first-order valence-corrected chi connectivity index (χ1v) is 7.11. The van der Waals surface area contributed by atoms with E-state index in [2.05, 4.69) is 43.4 Å². The zero-order valence-electron chi connectivity index (χ0n) is 12.4. The summed E-state index contributed by atoms with van der Waals surface area (Å²) in [6.07, 6.45) is 2.63. The van der Waals surface area contributed by atoms with Crippen LogP contribution < -0.4 is 5.32 Å². The van der Waals surface area contributed by atoms with Gasteiger partial charge in [-0.2, -0.15) is 0 Å². The lowest BCUT2D eigenvalue weighted by Crippen LogP contribution is -2.15. The highest BCUT2D eigenvalue weighted by molar-refractivity contribution is 5.21. The van der Waals surface area contributed by atoms with Gasteiger partial charge in [-0.25, -0.2) is 0 Å². The largest absolute Gasteiger partial charge is 0.380 e. The summed E-state index contributed by atoms with van der Waals surface area (Å²) >= 11 is 0. The van der Waals surface area contributed by atoms with E-state index in [0.717, 1.165) is 32.5 Å². The molecule has 0 fully saturated rings. The molecule has 0 atom stereocenters. The van der Waals surface area contributed by atoms with Crippen LogP contribution >= 0.6 is 0 Å². The molecule has 1 aromatic carbocycles. The van der Waals surface area contributed by atoms with Crippen LogP contribution in [-0.4, -0.2) is 26.4 Å². The Morgan fingerprint density at radius 2 is 1.74 bits per heavy atom. The zero-order valence-corrected chi connectivity index (χ0v) is 12.4. The molecule has 0 radical (unpaired) electrons. The normalized spacial score (nSPS) is 11.2. The highest BCUT2D eigenvalue weighted by atomic mass is 16.5. The Kier molecular flexibility index (Phi) is 8.47. The Morgan fingerprint density at radius 1 is 1.05 bits per heavy atom. The lowest BCUT2D eigenvalue weighted by molar-refractivity contribution is 0.0760. The molecule has 0 heterocycles. The van der Waals surface area contributed by atoms with Crippen LogP contribution in [0.25, 0.3) is 0 Å². The van der Waals surface area contributed by atoms with E-state index in [0.29, 0.717) is 12.7 Å². The molecule has 1 rings (SSSR count). The Hall–Kier alpha value is -0.900. The number of hydrogen-bond donors (Lipinski definition) is 1. The molecule has 19 heavy (non-hydrogen) atoms. The third-order valence-electron chi connectivity index (χ3n) is 2.86. The molecular formula is C16H27NO2. The van der Waals surface area contributed by atoms with Gasteiger partial charge in [-0.15, -0.1) is 0 Å². The van der Waals surface area contributed by atoms with Gasteiger partial charge in [-0.1, -0.05) is 24.3 Å². The van der Waals surface area contributed by atoms with Crippen LogP contribution in [0.5, 0.6) is 0 Å². The van der Waals surface area contributed by atoms with E-state index < -0.39 is 0 Å². The average molecular weight is 265 g/mol. The van der Waals surface area contributed by atoms with E-state index in [1.807, 2.05) is 0 Å².